The number of thiophene rings is 3. The highest BCUT2D eigenvalue weighted by molar-refractivity contribution is 7.26. The van der Waals surface area contributed by atoms with Crippen molar-refractivity contribution in [1.82, 2.24) is 0 Å². The van der Waals surface area contributed by atoms with Gasteiger partial charge in [-0.3, -0.25) is 0 Å². The highest BCUT2D eigenvalue weighted by atomic mass is 32.1. The Balaban J connectivity index is 1.06. The van der Waals surface area contributed by atoms with Crippen molar-refractivity contribution >= 4 is 108 Å². The van der Waals surface area contributed by atoms with Crippen molar-refractivity contribution in [1.29, 1.82) is 0 Å². The molecule has 0 saturated carbocycles. The third-order valence-corrected chi connectivity index (χ3v) is 14.1. The van der Waals surface area contributed by atoms with Crippen molar-refractivity contribution in [2.45, 2.75) is 12.8 Å². The van der Waals surface area contributed by atoms with E-state index >= 15 is 0 Å². The molecule has 3 heterocycles. The lowest BCUT2D eigenvalue weighted by Crippen LogP contribution is -2.09. The van der Waals surface area contributed by atoms with Crippen molar-refractivity contribution in [2.75, 3.05) is 4.90 Å². The van der Waals surface area contributed by atoms with Crippen LogP contribution in [0.5, 0.6) is 0 Å². The fourth-order valence-corrected chi connectivity index (χ4v) is 11.3. The third kappa shape index (κ3) is 4.94. The van der Waals surface area contributed by atoms with Gasteiger partial charge in [0, 0.05) is 72.4 Å². The fraction of sp³-hybridized carbons (Fsp3) is 0.0417. The Kier molecular flexibility index (Phi) is 6.97. The number of allylic oxidation sites excluding steroid dienone is 1. The molecule has 7 aromatic carbocycles. The van der Waals surface area contributed by atoms with E-state index in [1.54, 1.807) is 0 Å². The molecule has 1 nitrogen and oxygen atoms in total. The summed E-state index contributed by atoms with van der Waals surface area (Å²) in [6.07, 6.45) is 6.92. The average molecular weight is 718 g/mol. The zero-order chi connectivity index (χ0) is 34.2. The number of nitrogens with zero attached hydrogens (tertiary/aromatic N) is 1. The summed E-state index contributed by atoms with van der Waals surface area (Å²) in [5.41, 5.74) is 9.84. The van der Waals surface area contributed by atoms with Crippen LogP contribution in [-0.2, 0) is 6.42 Å². The minimum Gasteiger partial charge on any atom is -0.310 e. The first kappa shape index (κ1) is 30.1. The third-order valence-electron chi connectivity index (χ3n) is 10.5. The standard InChI is InChI=1S/C48H31NS3/c1-2-8-30(9-3-1)31-14-18-34(19-15-31)49(35-20-24-47-41(28-35)38-11-5-7-13-44(38)51-47)36-21-25-48-42(29-36)40-27-33(17-23-46(40)52-48)32-16-22-45-39(26-32)37-10-4-6-12-43(37)50-45/h1-6,8-12,14-29H,7,13H2. The molecule has 10 aromatic rings. The van der Waals surface area contributed by atoms with Crippen molar-refractivity contribution in [3.05, 3.63) is 168 Å². The number of hydrogen-bond donors (Lipinski definition) is 0. The summed E-state index contributed by atoms with van der Waals surface area (Å²) < 4.78 is 6.66. The molecule has 1 aliphatic rings. The van der Waals surface area contributed by atoms with E-state index in [0.29, 0.717) is 0 Å². The minimum absolute atomic E-state index is 1.13. The lowest BCUT2D eigenvalue weighted by Gasteiger charge is -2.26. The van der Waals surface area contributed by atoms with Crippen LogP contribution in [0.25, 0.3) is 78.8 Å². The second-order valence-electron chi connectivity index (χ2n) is 13.6. The Morgan fingerprint density at radius 2 is 0.904 bits per heavy atom. The molecule has 0 aliphatic heterocycles. The topological polar surface area (TPSA) is 3.24 Å². The Hall–Kier alpha value is -5.52. The summed E-state index contributed by atoms with van der Waals surface area (Å²) in [6.45, 7) is 0. The Bertz CT molecular complexity index is 3010. The lowest BCUT2D eigenvalue weighted by molar-refractivity contribution is 1.02. The Morgan fingerprint density at radius 3 is 1.63 bits per heavy atom. The van der Waals surface area contributed by atoms with Gasteiger partial charge in [-0.15, -0.1) is 34.0 Å². The summed E-state index contributed by atoms with van der Waals surface area (Å²) in [5, 5.41) is 6.63. The first-order valence-corrected chi connectivity index (χ1v) is 20.2. The number of aryl methyl sites for hydroxylation is 1. The predicted molar refractivity (Wildman–Crippen MR) is 231 cm³/mol. The normalized spacial score (nSPS) is 12.8. The SMILES string of the molecule is C1=Cc2c(sc3ccc(N(c4ccc(-c5ccccc5)cc4)c4ccc5sc6ccc(-c7ccc8sc9ccccc9c8c7)cc6c5c4)cc23)CC1. The molecule has 0 N–H and O–H groups in total. The summed E-state index contributed by atoms with van der Waals surface area (Å²) in [7, 11) is 0. The number of rotatable bonds is 5. The Morgan fingerprint density at radius 1 is 0.385 bits per heavy atom. The van der Waals surface area contributed by atoms with Crippen LogP contribution in [0.4, 0.5) is 17.1 Å². The molecule has 246 valence electrons. The van der Waals surface area contributed by atoms with Gasteiger partial charge in [0.1, 0.15) is 0 Å². The van der Waals surface area contributed by atoms with Crippen LogP contribution in [0.2, 0.25) is 0 Å². The number of anilines is 3. The first-order valence-electron chi connectivity index (χ1n) is 17.8. The highest BCUT2D eigenvalue weighted by Crippen LogP contribution is 2.45. The van der Waals surface area contributed by atoms with Gasteiger partial charge in [-0.1, -0.05) is 84.9 Å². The smallest absolute Gasteiger partial charge is 0.0468 e. The van der Waals surface area contributed by atoms with E-state index in [1.165, 1.54) is 88.8 Å². The molecule has 0 amide bonds. The summed E-state index contributed by atoms with van der Waals surface area (Å²) in [4.78, 5) is 3.94. The Labute approximate surface area is 314 Å². The zero-order valence-electron chi connectivity index (χ0n) is 28.2. The van der Waals surface area contributed by atoms with E-state index < -0.39 is 0 Å². The minimum atomic E-state index is 1.13. The maximum absolute atomic E-state index is 2.44. The molecule has 0 unspecified atom stereocenters. The van der Waals surface area contributed by atoms with Gasteiger partial charge in [-0.05, 0) is 120 Å². The number of fused-ring (bicyclic) bond motifs is 9. The van der Waals surface area contributed by atoms with Gasteiger partial charge >= 0.3 is 0 Å². The first-order chi connectivity index (χ1) is 25.7. The molecule has 0 spiro atoms. The maximum Gasteiger partial charge on any atom is 0.0468 e. The van der Waals surface area contributed by atoms with Gasteiger partial charge in [0.15, 0.2) is 0 Å². The van der Waals surface area contributed by atoms with Gasteiger partial charge in [-0.25, -0.2) is 0 Å². The monoisotopic (exact) mass is 717 g/mol. The van der Waals surface area contributed by atoms with E-state index in [9.17, 15) is 0 Å². The lowest BCUT2D eigenvalue weighted by atomic mass is 10.0. The van der Waals surface area contributed by atoms with Gasteiger partial charge in [0.2, 0.25) is 0 Å². The van der Waals surface area contributed by atoms with Crippen LogP contribution in [0.3, 0.4) is 0 Å². The highest BCUT2D eigenvalue weighted by Gasteiger charge is 2.19. The van der Waals surface area contributed by atoms with Gasteiger partial charge in [0.25, 0.3) is 0 Å². The molecule has 0 fully saturated rings. The van der Waals surface area contributed by atoms with Crippen LogP contribution in [0.15, 0.2) is 158 Å². The molecule has 0 bridgehead atoms. The van der Waals surface area contributed by atoms with E-state index in [2.05, 4.69) is 169 Å². The fourth-order valence-electron chi connectivity index (χ4n) is 7.95. The second-order valence-corrected chi connectivity index (χ2v) is 16.9. The zero-order valence-corrected chi connectivity index (χ0v) is 30.6. The summed E-state index contributed by atoms with van der Waals surface area (Å²) in [5.74, 6) is 0. The van der Waals surface area contributed by atoms with E-state index in [4.69, 9.17) is 0 Å². The second kappa shape index (κ2) is 12.0. The van der Waals surface area contributed by atoms with Crippen LogP contribution >= 0.6 is 34.0 Å². The molecular formula is C48H31NS3. The van der Waals surface area contributed by atoms with Crippen LogP contribution in [-0.4, -0.2) is 0 Å². The molecule has 4 heteroatoms. The molecule has 11 rings (SSSR count). The van der Waals surface area contributed by atoms with Crippen LogP contribution < -0.4 is 4.90 Å². The quantitative estimate of drug-likeness (QED) is 0.171. The molecule has 0 saturated heterocycles. The molecular weight excluding hydrogens is 687 g/mol. The molecule has 3 aromatic heterocycles. The largest absolute Gasteiger partial charge is 0.310 e. The average Bonchev–Trinajstić information content (AvgIpc) is 3.89. The van der Waals surface area contributed by atoms with Gasteiger partial charge in [0.05, 0.1) is 0 Å². The molecule has 1 aliphatic carbocycles. The van der Waals surface area contributed by atoms with Gasteiger partial charge < -0.3 is 4.90 Å². The molecule has 0 atom stereocenters. The van der Waals surface area contributed by atoms with E-state index in [1.807, 2.05) is 34.0 Å². The van der Waals surface area contributed by atoms with E-state index in [-0.39, 0.29) is 0 Å². The number of benzene rings is 7. The maximum atomic E-state index is 2.44. The van der Waals surface area contributed by atoms with Crippen LogP contribution in [0, 0.1) is 0 Å². The summed E-state index contributed by atoms with van der Waals surface area (Å²) in [6, 6.07) is 56.5. The molecule has 0 radical (unpaired) electrons. The van der Waals surface area contributed by atoms with Crippen molar-refractivity contribution < 1.29 is 0 Å². The summed E-state index contributed by atoms with van der Waals surface area (Å²) >= 11 is 5.70. The van der Waals surface area contributed by atoms with Gasteiger partial charge in [-0.2, -0.15) is 0 Å². The van der Waals surface area contributed by atoms with Crippen molar-refractivity contribution in [3.63, 3.8) is 0 Å². The molecule has 52 heavy (non-hydrogen) atoms. The van der Waals surface area contributed by atoms with Crippen molar-refractivity contribution in [2.24, 2.45) is 0 Å². The van der Waals surface area contributed by atoms with Crippen molar-refractivity contribution in [3.8, 4) is 22.3 Å². The van der Waals surface area contributed by atoms with Crippen LogP contribution in [0.1, 0.15) is 16.9 Å². The number of hydrogen-bond acceptors (Lipinski definition) is 4. The predicted octanol–water partition coefficient (Wildman–Crippen LogP) is 15.4. The van der Waals surface area contributed by atoms with E-state index in [0.717, 1.165) is 24.2 Å².